The maximum Gasteiger partial charge on any atom is 0.472 e. The number of nitrogen functional groups attached to an aromatic ring is 3. The molecule has 8 rings (SSSR count). The Hall–Kier alpha value is -4.57. The minimum absolute atomic E-state index is 0.00878. The van der Waals surface area contributed by atoms with Crippen molar-refractivity contribution < 1.29 is 90.5 Å². The molecule has 2 unspecified atom stereocenters. The average molecular weight is 982 g/mol. The van der Waals surface area contributed by atoms with E-state index in [0.29, 0.717) is 4.57 Å². The van der Waals surface area contributed by atoms with Crippen LogP contribution in [0.1, 0.15) is 18.7 Å². The molecule has 14 N–H and O–H groups in total. The van der Waals surface area contributed by atoms with E-state index >= 15 is 0 Å². The summed E-state index contributed by atoms with van der Waals surface area (Å²) in [4.78, 5) is 80.4. The Labute approximate surface area is 360 Å². The predicted molar refractivity (Wildman–Crippen MR) is 207 cm³/mol. The van der Waals surface area contributed by atoms with Gasteiger partial charge in [0.1, 0.15) is 84.4 Å². The van der Waals surface area contributed by atoms with Crippen LogP contribution in [0.25, 0.3) is 22.3 Å². The fourth-order valence-corrected chi connectivity index (χ4v) is 9.40. The molecule has 0 saturated carbocycles. The molecule has 0 amide bonds. The molecule has 3 aliphatic rings. The lowest BCUT2D eigenvalue weighted by atomic mass is 10.1. The second-order valence-electron chi connectivity index (χ2n) is 14.3. The molecule has 354 valence electrons. The van der Waals surface area contributed by atoms with Gasteiger partial charge in [-0.05, 0) is 6.07 Å². The number of anilines is 3. The fraction of sp³-hybridized carbons (Fsp3) is 0.517. The zero-order chi connectivity index (χ0) is 46.7. The highest BCUT2D eigenvalue weighted by Gasteiger charge is 2.53. The van der Waals surface area contributed by atoms with Crippen LogP contribution in [0, 0.1) is 0 Å². The van der Waals surface area contributed by atoms with Gasteiger partial charge < -0.3 is 71.4 Å². The third kappa shape index (κ3) is 9.66. The van der Waals surface area contributed by atoms with Crippen LogP contribution in [0.3, 0.4) is 0 Å². The first kappa shape index (κ1) is 46.9. The van der Waals surface area contributed by atoms with Gasteiger partial charge in [0, 0.05) is 6.20 Å². The molecule has 65 heavy (non-hydrogen) atoms. The van der Waals surface area contributed by atoms with E-state index in [1.165, 1.54) is 10.9 Å². The number of hydrogen-bond acceptors (Lipinski definition) is 26. The summed E-state index contributed by atoms with van der Waals surface area (Å²) in [5, 5.41) is 44.3. The van der Waals surface area contributed by atoms with Crippen LogP contribution in [0.5, 0.6) is 0 Å². The van der Waals surface area contributed by atoms with E-state index in [1.807, 2.05) is 0 Å². The van der Waals surface area contributed by atoms with E-state index in [4.69, 9.17) is 49.5 Å². The molecular formula is C29H38N13O20P3. The Bertz CT molecular complexity index is 2760. The van der Waals surface area contributed by atoms with Crippen LogP contribution < -0.4 is 22.9 Å². The van der Waals surface area contributed by atoms with Crippen LogP contribution >= 0.6 is 23.5 Å². The molecule has 36 heteroatoms. The van der Waals surface area contributed by atoms with Gasteiger partial charge in [0.05, 0.1) is 32.5 Å². The number of aliphatic hydroxyl groups is 4. The summed E-state index contributed by atoms with van der Waals surface area (Å²) in [6, 6.07) is 1.14. The van der Waals surface area contributed by atoms with Gasteiger partial charge in [-0.2, -0.15) is 4.98 Å². The van der Waals surface area contributed by atoms with E-state index in [-0.39, 0.29) is 39.8 Å². The van der Waals surface area contributed by atoms with Crippen LogP contribution in [0.4, 0.5) is 17.5 Å². The Morgan fingerprint density at radius 2 is 1.05 bits per heavy atom. The van der Waals surface area contributed by atoms with Gasteiger partial charge in [-0.3, -0.25) is 36.3 Å². The van der Waals surface area contributed by atoms with Crippen molar-refractivity contribution in [3.8, 4) is 0 Å². The number of ether oxygens (including phenoxy) is 3. The smallest absolute Gasteiger partial charge is 0.387 e. The Morgan fingerprint density at radius 3 is 1.54 bits per heavy atom. The van der Waals surface area contributed by atoms with Gasteiger partial charge in [-0.1, -0.05) is 0 Å². The highest BCUT2D eigenvalue weighted by atomic mass is 31.2. The lowest BCUT2D eigenvalue weighted by molar-refractivity contribution is -0.0618. The zero-order valence-corrected chi connectivity index (χ0v) is 35.2. The lowest BCUT2D eigenvalue weighted by Crippen LogP contribution is -2.38. The molecule has 5 aromatic heterocycles. The number of nitrogens with two attached hydrogens (primary N) is 3. The predicted octanol–water partition coefficient (Wildman–Crippen LogP) is -4.08. The van der Waals surface area contributed by atoms with Crippen LogP contribution in [0.15, 0.2) is 42.4 Å². The maximum atomic E-state index is 13.5. The van der Waals surface area contributed by atoms with Crippen molar-refractivity contribution in [2.24, 2.45) is 0 Å². The number of imidazole rings is 2. The lowest BCUT2D eigenvalue weighted by Gasteiger charge is -2.26. The van der Waals surface area contributed by atoms with Crippen molar-refractivity contribution in [3.63, 3.8) is 0 Å². The van der Waals surface area contributed by atoms with Gasteiger partial charge in [0.25, 0.3) is 0 Å². The molecule has 0 spiro atoms. The number of fused-ring (bicyclic) bond motifs is 2. The van der Waals surface area contributed by atoms with Gasteiger partial charge in [0.2, 0.25) is 0 Å². The molecule has 0 radical (unpaired) electrons. The van der Waals surface area contributed by atoms with Crippen molar-refractivity contribution in [2.45, 2.75) is 73.6 Å². The maximum absolute atomic E-state index is 13.5. The van der Waals surface area contributed by atoms with Crippen LogP contribution in [0.2, 0.25) is 0 Å². The van der Waals surface area contributed by atoms with Crippen LogP contribution in [-0.2, 0) is 50.5 Å². The zero-order valence-electron chi connectivity index (χ0n) is 32.5. The monoisotopic (exact) mass is 981 g/mol. The molecule has 3 aliphatic heterocycles. The molecule has 0 aromatic carbocycles. The molecule has 8 heterocycles. The number of aromatic nitrogens is 10. The summed E-state index contributed by atoms with van der Waals surface area (Å²) in [5.74, 6) is -0.282. The molecule has 3 saturated heterocycles. The first-order chi connectivity index (χ1) is 30.6. The second-order valence-corrected chi connectivity index (χ2v) is 18.4. The van der Waals surface area contributed by atoms with E-state index < -0.39 is 123 Å². The minimum Gasteiger partial charge on any atom is -0.387 e. The molecule has 3 fully saturated rings. The third-order valence-electron chi connectivity index (χ3n) is 10.1. The number of phosphoric acid groups is 3. The number of rotatable bonds is 16. The van der Waals surface area contributed by atoms with E-state index in [9.17, 15) is 58.5 Å². The molecule has 5 aromatic rings. The quantitative estimate of drug-likeness (QED) is 0.0419. The second kappa shape index (κ2) is 17.9. The highest BCUT2D eigenvalue weighted by molar-refractivity contribution is 7.47. The van der Waals surface area contributed by atoms with Gasteiger partial charge in [0.15, 0.2) is 41.6 Å². The Balaban J connectivity index is 0.995. The normalized spacial score (nSPS) is 31.4. The summed E-state index contributed by atoms with van der Waals surface area (Å²) in [6.45, 7) is -3.11. The fourth-order valence-electron chi connectivity index (χ4n) is 7.13. The molecule has 0 bridgehead atoms. The van der Waals surface area contributed by atoms with E-state index in [1.54, 1.807) is 0 Å². The summed E-state index contributed by atoms with van der Waals surface area (Å²) < 4.78 is 84.1. The molecule has 0 aliphatic carbocycles. The molecule has 33 nitrogen and oxygen atoms in total. The number of nitrogens with zero attached hydrogens (tertiary/aromatic N) is 10. The Morgan fingerprint density at radius 1 is 0.600 bits per heavy atom. The van der Waals surface area contributed by atoms with Crippen LogP contribution in [-0.4, -0.2) is 163 Å². The minimum atomic E-state index is -5.52. The van der Waals surface area contributed by atoms with Crippen molar-refractivity contribution >= 4 is 63.2 Å². The number of hydrogen-bond donors (Lipinski definition) is 11. The summed E-state index contributed by atoms with van der Waals surface area (Å²) in [7, 11) is -16.1. The molecule has 14 atom stereocenters. The van der Waals surface area contributed by atoms with Crippen molar-refractivity contribution in [1.82, 2.24) is 48.6 Å². The average Bonchev–Trinajstić information content (AvgIpc) is 4.05. The van der Waals surface area contributed by atoms with Gasteiger partial charge in [-0.25, -0.2) is 48.4 Å². The number of phosphoric ester groups is 3. The molecular weight excluding hydrogens is 943 g/mol. The third-order valence-corrected chi connectivity index (χ3v) is 12.6. The van der Waals surface area contributed by atoms with Gasteiger partial charge >= 0.3 is 29.2 Å². The van der Waals surface area contributed by atoms with E-state index in [2.05, 4.69) is 39.4 Å². The summed E-state index contributed by atoms with van der Waals surface area (Å²) in [5.41, 5.74) is 16.5. The SMILES string of the molecule is Nc1ccn([C@@H]2O[C@H](COP(=O)(O)O)[C@@H](OP(=O)(O)OC[C@H]3O[C@@H](n4cnc5c(N)ncnc54)[C@H](O)[C@@H]3OP(=O)(O)OC[C@H]3O[C@@H](n4cnc5c(N)ncnc54)[C@H](O)[C@@H]3O)[C@H]2O)c(=O)n1. The van der Waals surface area contributed by atoms with E-state index in [0.717, 1.165) is 35.8 Å². The van der Waals surface area contributed by atoms with Gasteiger partial charge in [-0.15, -0.1) is 0 Å². The summed E-state index contributed by atoms with van der Waals surface area (Å²) >= 11 is 0. The van der Waals surface area contributed by atoms with Crippen molar-refractivity contribution in [2.75, 3.05) is 37.0 Å². The van der Waals surface area contributed by atoms with Crippen molar-refractivity contribution in [1.29, 1.82) is 0 Å². The topological polar surface area (TPSA) is 487 Å². The standard InChI is InChI=1S/C29H38N13O20P3/c30-13-1-2-40(29(47)39-13)27-18(45)20(11(59-27)4-55-63(48,49)50)61-65(53,54)57-5-12-21(19(46)28(60-12)42-9-38-15-23(32)34-7-36-25(15)42)62-64(51,52)56-3-10-16(43)17(44)26(58-10)41-8-37-14-22(31)33-6-35-24(14)41/h1-2,6-12,16-21,26-28,43-46H,3-5H2,(H,51,52)(H,53,54)(H2,30,39,47)(H2,31,33,35)(H2,32,34,36)(H2,48,49,50)/t10-,11-,12-,16-,17-,18-,19-,20-,21-,26-,27-,28-/m1/s1. The Kier molecular flexibility index (Phi) is 12.9. The van der Waals surface area contributed by atoms with Crippen molar-refractivity contribution in [3.05, 3.63) is 48.1 Å². The first-order valence-electron chi connectivity index (χ1n) is 18.5. The summed E-state index contributed by atoms with van der Waals surface area (Å²) in [6.07, 6.45) is -15.6. The first-order valence-corrected chi connectivity index (χ1v) is 23.0. The number of aliphatic hydroxyl groups excluding tert-OH is 4. The largest absolute Gasteiger partial charge is 0.472 e. The highest BCUT2D eigenvalue weighted by Crippen LogP contribution is 2.52.